The Labute approximate surface area is 187 Å². The molecule has 3 aromatic heterocycles. The van der Waals surface area contributed by atoms with Crippen molar-refractivity contribution in [3.05, 3.63) is 53.1 Å². The average Bonchev–Trinajstić information content (AvgIpc) is 3.37. The molecule has 0 aromatic carbocycles. The first-order valence-electron chi connectivity index (χ1n) is 9.81. The lowest BCUT2D eigenvalue weighted by Gasteiger charge is -2.35. The van der Waals surface area contributed by atoms with E-state index >= 15 is 0 Å². The van der Waals surface area contributed by atoms with Crippen molar-refractivity contribution in [2.75, 3.05) is 29.9 Å². The number of hydrogen-bond donors (Lipinski definition) is 1. The number of amides is 1. The summed E-state index contributed by atoms with van der Waals surface area (Å²) in [5.41, 5.74) is 2.00. The largest absolute Gasteiger partial charge is 0.462 e. The van der Waals surface area contributed by atoms with Gasteiger partial charge < -0.3 is 14.4 Å². The van der Waals surface area contributed by atoms with Crippen LogP contribution in [0.5, 0.6) is 5.19 Å². The first-order chi connectivity index (χ1) is 15.1. The summed E-state index contributed by atoms with van der Waals surface area (Å²) >= 11 is 6.98. The standard InChI is InChI=1S/C20H19ClN6O3S/c21-13-1-2-14(23-9-13)11-29-19-26-25-18(31-19)24-17(28)15-3-6-22-10-16(15)27-7-8-30-20(12-27)4-5-20/h1-3,6,9-10H,4-5,7-8,11-12H2,(H,24,25,28). The zero-order valence-electron chi connectivity index (χ0n) is 16.5. The molecule has 0 unspecified atom stereocenters. The van der Waals surface area contributed by atoms with Crippen LogP contribution in [-0.2, 0) is 11.3 Å². The molecule has 2 fully saturated rings. The third-order valence-corrected chi connectivity index (χ3v) is 6.18. The van der Waals surface area contributed by atoms with Crippen LogP contribution in [-0.4, -0.2) is 51.4 Å². The smallest absolute Gasteiger partial charge is 0.296 e. The average molecular weight is 459 g/mol. The SMILES string of the molecule is O=C(Nc1nnc(OCc2ccc(Cl)cn2)s1)c1ccncc1N1CCOC2(CC2)C1. The Balaban J connectivity index is 1.24. The zero-order valence-corrected chi connectivity index (χ0v) is 18.0. The van der Waals surface area contributed by atoms with Gasteiger partial charge in [0.2, 0.25) is 5.13 Å². The van der Waals surface area contributed by atoms with Gasteiger partial charge in [0.25, 0.3) is 11.1 Å². The van der Waals surface area contributed by atoms with Crippen LogP contribution in [0.4, 0.5) is 10.8 Å². The number of carbonyl (C=O) groups is 1. The molecular formula is C20H19ClN6O3S. The Morgan fingerprint density at radius 2 is 2.19 bits per heavy atom. The highest BCUT2D eigenvalue weighted by Crippen LogP contribution is 2.43. The second-order valence-electron chi connectivity index (χ2n) is 7.43. The predicted octanol–water partition coefficient (Wildman–Crippen LogP) is 3.18. The van der Waals surface area contributed by atoms with E-state index in [0.29, 0.717) is 33.2 Å². The van der Waals surface area contributed by atoms with Gasteiger partial charge in [-0.15, -0.1) is 5.10 Å². The van der Waals surface area contributed by atoms with Gasteiger partial charge in [-0.2, -0.15) is 0 Å². The molecule has 0 radical (unpaired) electrons. The van der Waals surface area contributed by atoms with E-state index in [1.807, 2.05) is 0 Å². The van der Waals surface area contributed by atoms with E-state index in [1.54, 1.807) is 36.8 Å². The van der Waals surface area contributed by atoms with Crippen LogP contribution in [0.25, 0.3) is 0 Å². The van der Waals surface area contributed by atoms with Gasteiger partial charge in [-0.25, -0.2) is 0 Å². The topological polar surface area (TPSA) is 102 Å². The van der Waals surface area contributed by atoms with E-state index in [-0.39, 0.29) is 18.1 Å². The lowest BCUT2D eigenvalue weighted by Crippen LogP contribution is -2.44. The number of anilines is 2. The van der Waals surface area contributed by atoms with Gasteiger partial charge in [-0.3, -0.25) is 20.1 Å². The summed E-state index contributed by atoms with van der Waals surface area (Å²) in [6.45, 7) is 2.38. The van der Waals surface area contributed by atoms with Gasteiger partial charge in [0.05, 0.1) is 40.4 Å². The lowest BCUT2D eigenvalue weighted by atomic mass is 10.1. The van der Waals surface area contributed by atoms with Crippen LogP contribution in [0.2, 0.25) is 5.02 Å². The number of pyridine rings is 2. The molecule has 1 amide bonds. The monoisotopic (exact) mass is 458 g/mol. The van der Waals surface area contributed by atoms with Crippen molar-refractivity contribution in [2.45, 2.75) is 25.0 Å². The third kappa shape index (κ3) is 4.60. The Morgan fingerprint density at radius 3 is 3.00 bits per heavy atom. The molecule has 1 saturated heterocycles. The van der Waals surface area contributed by atoms with Gasteiger partial charge in [0.1, 0.15) is 6.61 Å². The van der Waals surface area contributed by atoms with E-state index in [2.05, 4.69) is 30.4 Å². The number of hydrogen-bond acceptors (Lipinski definition) is 9. The summed E-state index contributed by atoms with van der Waals surface area (Å²) in [5, 5.41) is 12.0. The lowest BCUT2D eigenvalue weighted by molar-refractivity contribution is 0.0205. The Bertz CT molecular complexity index is 1090. The molecule has 5 rings (SSSR count). The Kier molecular flexibility index (Phi) is 5.43. The fraction of sp³-hybridized carbons (Fsp3) is 0.350. The molecule has 4 heterocycles. The summed E-state index contributed by atoms with van der Waals surface area (Å²) in [6.07, 6.45) is 7.01. The molecule has 0 atom stereocenters. The molecule has 31 heavy (non-hydrogen) atoms. The van der Waals surface area contributed by atoms with Crippen LogP contribution in [0.3, 0.4) is 0 Å². The number of morpholine rings is 1. The number of aromatic nitrogens is 4. The van der Waals surface area contributed by atoms with E-state index < -0.39 is 0 Å². The van der Waals surface area contributed by atoms with Crippen LogP contribution in [0.1, 0.15) is 28.9 Å². The number of carbonyl (C=O) groups excluding carboxylic acids is 1. The first-order valence-corrected chi connectivity index (χ1v) is 11.0. The summed E-state index contributed by atoms with van der Waals surface area (Å²) in [4.78, 5) is 23.5. The van der Waals surface area contributed by atoms with Crippen molar-refractivity contribution < 1.29 is 14.3 Å². The van der Waals surface area contributed by atoms with Gasteiger partial charge in [0.15, 0.2) is 0 Å². The van der Waals surface area contributed by atoms with E-state index in [4.69, 9.17) is 21.1 Å². The van der Waals surface area contributed by atoms with Crippen molar-refractivity contribution in [2.24, 2.45) is 0 Å². The van der Waals surface area contributed by atoms with E-state index in [0.717, 1.165) is 43.0 Å². The van der Waals surface area contributed by atoms with E-state index in [1.165, 1.54) is 0 Å². The Hall–Kier alpha value is -2.82. The maximum Gasteiger partial charge on any atom is 0.296 e. The minimum absolute atomic E-state index is 0.0494. The number of rotatable bonds is 6. The first kappa shape index (κ1) is 20.1. The van der Waals surface area contributed by atoms with Crippen molar-refractivity contribution in [3.8, 4) is 5.19 Å². The summed E-state index contributed by atoms with van der Waals surface area (Å²) in [6, 6.07) is 5.23. The second-order valence-corrected chi connectivity index (χ2v) is 8.81. The molecular weight excluding hydrogens is 440 g/mol. The summed E-state index contributed by atoms with van der Waals surface area (Å²) in [5.74, 6) is -0.268. The van der Waals surface area contributed by atoms with Crippen LogP contribution < -0.4 is 15.0 Å². The number of ether oxygens (including phenoxy) is 2. The van der Waals surface area contributed by atoms with Gasteiger partial charge in [-0.1, -0.05) is 16.7 Å². The quantitative estimate of drug-likeness (QED) is 0.600. The van der Waals surface area contributed by atoms with Crippen LogP contribution >= 0.6 is 22.9 Å². The minimum atomic E-state index is -0.268. The number of halogens is 1. The predicted molar refractivity (Wildman–Crippen MR) is 116 cm³/mol. The molecule has 0 bridgehead atoms. The fourth-order valence-electron chi connectivity index (χ4n) is 3.43. The minimum Gasteiger partial charge on any atom is -0.462 e. The Morgan fingerprint density at radius 1 is 1.29 bits per heavy atom. The van der Waals surface area contributed by atoms with Crippen molar-refractivity contribution in [1.82, 2.24) is 20.2 Å². The number of nitrogens with zero attached hydrogens (tertiary/aromatic N) is 5. The highest BCUT2D eigenvalue weighted by Gasteiger charge is 2.47. The molecule has 1 saturated carbocycles. The molecule has 9 nitrogen and oxygen atoms in total. The zero-order chi connectivity index (χ0) is 21.3. The third-order valence-electron chi connectivity index (χ3n) is 5.20. The second kappa shape index (κ2) is 8.37. The van der Waals surface area contributed by atoms with Gasteiger partial charge >= 0.3 is 0 Å². The van der Waals surface area contributed by atoms with Crippen LogP contribution in [0.15, 0.2) is 36.8 Å². The van der Waals surface area contributed by atoms with Crippen LogP contribution in [0, 0.1) is 0 Å². The maximum absolute atomic E-state index is 13.0. The fourth-order valence-corrected chi connectivity index (χ4v) is 4.14. The van der Waals surface area contributed by atoms with Crippen molar-refractivity contribution >= 4 is 39.7 Å². The van der Waals surface area contributed by atoms with Crippen molar-refractivity contribution in [1.29, 1.82) is 0 Å². The molecule has 11 heteroatoms. The van der Waals surface area contributed by atoms with Gasteiger partial charge in [-0.05, 0) is 42.4 Å². The highest BCUT2D eigenvalue weighted by molar-refractivity contribution is 7.17. The van der Waals surface area contributed by atoms with E-state index in [9.17, 15) is 4.79 Å². The van der Waals surface area contributed by atoms with Gasteiger partial charge in [0, 0.05) is 25.5 Å². The normalized spacial score (nSPS) is 16.9. The molecule has 2 aliphatic rings. The maximum atomic E-state index is 13.0. The summed E-state index contributed by atoms with van der Waals surface area (Å²) < 4.78 is 11.5. The summed E-state index contributed by atoms with van der Waals surface area (Å²) in [7, 11) is 0. The molecule has 1 spiro atoms. The molecule has 3 aromatic rings. The molecule has 160 valence electrons. The number of nitrogens with one attached hydrogen (secondary N) is 1. The highest BCUT2D eigenvalue weighted by atomic mass is 35.5. The van der Waals surface area contributed by atoms with Crippen molar-refractivity contribution in [3.63, 3.8) is 0 Å². The molecule has 1 aliphatic heterocycles. The molecule has 1 aliphatic carbocycles. The molecule has 1 N–H and O–H groups in total.